The van der Waals surface area contributed by atoms with Gasteiger partial charge in [0.1, 0.15) is 0 Å². The Morgan fingerprint density at radius 3 is 2.59 bits per heavy atom. The number of carbonyl (C=O) groups excluding carboxylic acids is 3. The number of nitrogens with zero attached hydrogens (tertiary/aromatic N) is 1. The van der Waals surface area contributed by atoms with Crippen LogP contribution in [0.4, 0.5) is 10.5 Å². The van der Waals surface area contributed by atoms with Crippen LogP contribution in [0, 0.1) is 6.92 Å². The quantitative estimate of drug-likeness (QED) is 0.511. The first kappa shape index (κ1) is 23.2. The van der Waals surface area contributed by atoms with Gasteiger partial charge >= 0.3 is 6.03 Å². The van der Waals surface area contributed by atoms with Crippen LogP contribution in [0.5, 0.6) is 0 Å². The predicted molar refractivity (Wildman–Crippen MR) is 118 cm³/mol. The highest BCUT2D eigenvalue weighted by Gasteiger charge is 2.16. The molecule has 0 spiro atoms. The molecule has 0 atom stereocenters. The van der Waals surface area contributed by atoms with Crippen molar-refractivity contribution in [3.05, 3.63) is 28.2 Å². The maximum atomic E-state index is 12.2. The lowest BCUT2D eigenvalue weighted by molar-refractivity contribution is -0.133. The molecule has 1 aromatic carbocycles. The monoisotopic (exact) mass is 466 g/mol. The van der Waals surface area contributed by atoms with Gasteiger partial charge in [0.25, 0.3) is 0 Å². The molecule has 29 heavy (non-hydrogen) atoms. The summed E-state index contributed by atoms with van der Waals surface area (Å²) in [6.45, 7) is 2.33. The van der Waals surface area contributed by atoms with Crippen molar-refractivity contribution in [3.8, 4) is 0 Å². The third-order valence-electron chi connectivity index (χ3n) is 5.06. The highest BCUT2D eigenvalue weighted by Crippen LogP contribution is 2.20. The Morgan fingerprint density at radius 2 is 1.90 bits per heavy atom. The Kier molecular flexibility index (Phi) is 9.44. The van der Waals surface area contributed by atoms with E-state index in [2.05, 4.69) is 31.9 Å². The third-order valence-corrected chi connectivity index (χ3v) is 5.56. The van der Waals surface area contributed by atoms with Crippen LogP contribution in [0.25, 0.3) is 0 Å². The summed E-state index contributed by atoms with van der Waals surface area (Å²) in [6.07, 6.45) is 6.48. The van der Waals surface area contributed by atoms with Gasteiger partial charge in [0, 0.05) is 36.2 Å². The molecule has 8 heteroatoms. The summed E-state index contributed by atoms with van der Waals surface area (Å²) in [5.41, 5.74) is 1.67. The number of carbonyl (C=O) groups is 3. The number of halogens is 1. The molecule has 0 radical (unpaired) electrons. The van der Waals surface area contributed by atoms with Crippen LogP contribution in [0.15, 0.2) is 22.7 Å². The number of nitrogens with one attached hydrogen (secondary N) is 3. The van der Waals surface area contributed by atoms with Crippen molar-refractivity contribution in [1.82, 2.24) is 15.5 Å². The van der Waals surface area contributed by atoms with Crippen LogP contribution < -0.4 is 16.0 Å². The number of likely N-dealkylation sites (N-methyl/N-ethyl adjacent to an activating group) is 1. The van der Waals surface area contributed by atoms with Crippen molar-refractivity contribution in [3.63, 3.8) is 0 Å². The molecule has 0 heterocycles. The lowest BCUT2D eigenvalue weighted by Gasteiger charge is -2.22. The van der Waals surface area contributed by atoms with Crippen LogP contribution in [-0.4, -0.2) is 48.9 Å². The molecule has 0 aromatic heterocycles. The zero-order valence-electron chi connectivity index (χ0n) is 17.2. The van der Waals surface area contributed by atoms with E-state index in [9.17, 15) is 14.4 Å². The lowest BCUT2D eigenvalue weighted by atomic mass is 9.96. The fourth-order valence-corrected chi connectivity index (χ4v) is 3.85. The number of hydrogen-bond donors (Lipinski definition) is 3. The summed E-state index contributed by atoms with van der Waals surface area (Å²) >= 11 is 3.39. The van der Waals surface area contributed by atoms with Gasteiger partial charge in [-0.1, -0.05) is 35.2 Å². The Hall–Kier alpha value is -2.09. The average molecular weight is 467 g/mol. The standard InChI is InChI=1S/C21H31BrN4O3/c1-15-13-16(22)10-11-18(15)25-19(27)14-26(2)20(28)9-6-12-23-21(29)24-17-7-4-3-5-8-17/h10-11,13,17H,3-9,12,14H2,1-2H3,(H,25,27)(H2,23,24,29). The van der Waals surface area contributed by atoms with Gasteiger partial charge in [-0.25, -0.2) is 4.79 Å². The number of aryl methyl sites for hydroxylation is 1. The zero-order valence-corrected chi connectivity index (χ0v) is 18.8. The first-order valence-corrected chi connectivity index (χ1v) is 11.0. The van der Waals surface area contributed by atoms with E-state index in [1.165, 1.54) is 24.2 Å². The van der Waals surface area contributed by atoms with Crippen molar-refractivity contribution in [2.24, 2.45) is 0 Å². The molecule has 0 bridgehead atoms. The highest BCUT2D eigenvalue weighted by molar-refractivity contribution is 9.10. The van der Waals surface area contributed by atoms with Gasteiger partial charge in [0.15, 0.2) is 0 Å². The molecular formula is C21H31BrN4O3. The Morgan fingerprint density at radius 1 is 1.17 bits per heavy atom. The number of hydrogen-bond acceptors (Lipinski definition) is 3. The summed E-state index contributed by atoms with van der Waals surface area (Å²) in [5, 5.41) is 8.62. The van der Waals surface area contributed by atoms with Crippen molar-refractivity contribution >= 4 is 39.5 Å². The number of anilines is 1. The topological polar surface area (TPSA) is 90.5 Å². The lowest BCUT2D eigenvalue weighted by Crippen LogP contribution is -2.43. The molecule has 0 unspecified atom stereocenters. The summed E-state index contributed by atoms with van der Waals surface area (Å²) < 4.78 is 0.946. The van der Waals surface area contributed by atoms with E-state index in [0.717, 1.165) is 28.6 Å². The van der Waals surface area contributed by atoms with Crippen LogP contribution in [-0.2, 0) is 9.59 Å². The maximum Gasteiger partial charge on any atom is 0.315 e. The van der Waals surface area contributed by atoms with Gasteiger partial charge in [0.05, 0.1) is 6.54 Å². The first-order valence-electron chi connectivity index (χ1n) is 10.2. The summed E-state index contributed by atoms with van der Waals surface area (Å²) in [5.74, 6) is -0.363. The van der Waals surface area contributed by atoms with Crippen LogP contribution >= 0.6 is 15.9 Å². The Bertz CT molecular complexity index is 720. The average Bonchev–Trinajstić information content (AvgIpc) is 2.68. The maximum absolute atomic E-state index is 12.2. The predicted octanol–water partition coefficient (Wildman–Crippen LogP) is 3.57. The summed E-state index contributed by atoms with van der Waals surface area (Å²) in [4.78, 5) is 37.7. The fraction of sp³-hybridized carbons (Fsp3) is 0.571. The second-order valence-electron chi connectivity index (χ2n) is 7.60. The van der Waals surface area contributed by atoms with Crippen molar-refractivity contribution in [2.75, 3.05) is 25.5 Å². The molecule has 0 saturated heterocycles. The number of rotatable bonds is 8. The van der Waals surface area contributed by atoms with Gasteiger partial charge in [-0.2, -0.15) is 0 Å². The van der Waals surface area contributed by atoms with Gasteiger partial charge in [-0.3, -0.25) is 9.59 Å². The molecule has 1 saturated carbocycles. The van der Waals surface area contributed by atoms with E-state index in [1.54, 1.807) is 7.05 Å². The number of amides is 4. The fourth-order valence-electron chi connectivity index (χ4n) is 3.38. The first-order chi connectivity index (χ1) is 13.8. The van der Waals surface area contributed by atoms with E-state index in [4.69, 9.17) is 0 Å². The number of urea groups is 1. The smallest absolute Gasteiger partial charge is 0.315 e. The molecule has 3 N–H and O–H groups in total. The molecule has 1 fully saturated rings. The third kappa shape index (κ3) is 8.43. The van der Waals surface area contributed by atoms with Gasteiger partial charge in [0.2, 0.25) is 11.8 Å². The van der Waals surface area contributed by atoms with Gasteiger partial charge in [-0.15, -0.1) is 0 Å². The van der Waals surface area contributed by atoms with E-state index in [-0.39, 0.29) is 36.9 Å². The zero-order chi connectivity index (χ0) is 21.2. The summed E-state index contributed by atoms with van der Waals surface area (Å²) in [6, 6.07) is 5.70. The van der Waals surface area contributed by atoms with E-state index < -0.39 is 0 Å². The van der Waals surface area contributed by atoms with E-state index in [0.29, 0.717) is 13.0 Å². The highest BCUT2D eigenvalue weighted by atomic mass is 79.9. The molecule has 1 aliphatic rings. The van der Waals surface area contributed by atoms with Crippen molar-refractivity contribution < 1.29 is 14.4 Å². The second-order valence-corrected chi connectivity index (χ2v) is 8.51. The van der Waals surface area contributed by atoms with Gasteiger partial charge < -0.3 is 20.9 Å². The SMILES string of the molecule is Cc1cc(Br)ccc1NC(=O)CN(C)C(=O)CCCNC(=O)NC1CCCCC1. The van der Waals surface area contributed by atoms with Crippen LogP contribution in [0.1, 0.15) is 50.5 Å². The minimum atomic E-state index is -0.240. The van der Waals surface area contributed by atoms with E-state index in [1.807, 2.05) is 25.1 Å². The number of benzene rings is 1. The molecular weight excluding hydrogens is 436 g/mol. The second kappa shape index (κ2) is 11.8. The van der Waals surface area contributed by atoms with Crippen molar-refractivity contribution in [1.29, 1.82) is 0 Å². The minimum absolute atomic E-state index is 0.00999. The molecule has 1 aliphatic carbocycles. The minimum Gasteiger partial charge on any atom is -0.338 e. The van der Waals surface area contributed by atoms with Crippen LogP contribution in [0.3, 0.4) is 0 Å². The molecule has 160 valence electrons. The molecule has 1 aromatic rings. The van der Waals surface area contributed by atoms with Crippen molar-refractivity contribution in [2.45, 2.75) is 57.9 Å². The molecule has 2 rings (SSSR count). The van der Waals surface area contributed by atoms with Crippen LogP contribution in [0.2, 0.25) is 0 Å². The Labute approximate surface area is 181 Å². The molecule has 4 amide bonds. The van der Waals surface area contributed by atoms with E-state index >= 15 is 0 Å². The Balaban J connectivity index is 1.62. The molecule has 7 nitrogen and oxygen atoms in total. The normalized spacial score (nSPS) is 14.2. The van der Waals surface area contributed by atoms with Gasteiger partial charge in [-0.05, 0) is 49.9 Å². The largest absolute Gasteiger partial charge is 0.338 e. The summed E-state index contributed by atoms with van der Waals surface area (Å²) in [7, 11) is 1.61. The molecule has 0 aliphatic heterocycles.